The lowest BCUT2D eigenvalue weighted by Crippen LogP contribution is -1.96. The van der Waals surface area contributed by atoms with Gasteiger partial charge in [-0.3, -0.25) is 4.98 Å². The van der Waals surface area contributed by atoms with Gasteiger partial charge in [-0.15, -0.1) is 0 Å². The first kappa shape index (κ1) is 13.1. The molecule has 0 spiro atoms. The van der Waals surface area contributed by atoms with E-state index in [9.17, 15) is 5.26 Å². The highest BCUT2D eigenvalue weighted by Crippen LogP contribution is 2.28. The van der Waals surface area contributed by atoms with Crippen LogP contribution in [0.1, 0.15) is 18.1 Å². The molecule has 0 saturated heterocycles. The lowest BCUT2D eigenvalue weighted by Gasteiger charge is -2.11. The quantitative estimate of drug-likeness (QED) is 0.768. The van der Waals surface area contributed by atoms with Crippen molar-refractivity contribution in [2.24, 2.45) is 0 Å². The SMILES string of the molecule is CCc1ccc(Nc2c(C#N)cnc3ccccc23)cc1. The number of fused-ring (bicyclic) bond motifs is 1. The Morgan fingerprint density at radius 1 is 1.10 bits per heavy atom. The normalized spacial score (nSPS) is 10.3. The second-order valence-electron chi connectivity index (χ2n) is 4.85. The molecule has 3 nitrogen and oxygen atoms in total. The van der Waals surface area contributed by atoms with Crippen LogP contribution in [0.5, 0.6) is 0 Å². The average molecular weight is 273 g/mol. The lowest BCUT2D eigenvalue weighted by molar-refractivity contribution is 1.14. The molecule has 0 fully saturated rings. The molecule has 3 aromatic rings. The van der Waals surface area contributed by atoms with Gasteiger partial charge in [0.15, 0.2) is 0 Å². The lowest BCUT2D eigenvalue weighted by atomic mass is 10.1. The van der Waals surface area contributed by atoms with E-state index in [4.69, 9.17) is 0 Å². The third-order valence-electron chi connectivity index (χ3n) is 3.53. The molecule has 0 aliphatic heterocycles. The highest BCUT2D eigenvalue weighted by molar-refractivity contribution is 5.95. The number of nitrogens with one attached hydrogen (secondary N) is 1. The minimum Gasteiger partial charge on any atom is -0.354 e. The molecular formula is C18H15N3. The van der Waals surface area contributed by atoms with Crippen LogP contribution in [0.25, 0.3) is 10.9 Å². The van der Waals surface area contributed by atoms with Crippen molar-refractivity contribution in [3.63, 3.8) is 0 Å². The first-order chi connectivity index (χ1) is 10.3. The number of rotatable bonds is 3. The number of hydrogen-bond donors (Lipinski definition) is 1. The summed E-state index contributed by atoms with van der Waals surface area (Å²) >= 11 is 0. The van der Waals surface area contributed by atoms with Crippen molar-refractivity contribution in [2.75, 3.05) is 5.32 Å². The van der Waals surface area contributed by atoms with Gasteiger partial charge < -0.3 is 5.32 Å². The van der Waals surface area contributed by atoms with Crippen LogP contribution in [-0.2, 0) is 6.42 Å². The molecule has 0 bridgehead atoms. The molecule has 1 aromatic heterocycles. The van der Waals surface area contributed by atoms with E-state index in [1.165, 1.54) is 5.56 Å². The van der Waals surface area contributed by atoms with Gasteiger partial charge in [0.1, 0.15) is 6.07 Å². The van der Waals surface area contributed by atoms with Gasteiger partial charge in [-0.05, 0) is 30.2 Å². The molecule has 3 heteroatoms. The van der Waals surface area contributed by atoms with E-state index in [1.54, 1.807) is 6.20 Å². The molecule has 102 valence electrons. The Balaban J connectivity index is 2.08. The molecule has 0 amide bonds. The average Bonchev–Trinajstić information content (AvgIpc) is 2.56. The third kappa shape index (κ3) is 2.56. The zero-order chi connectivity index (χ0) is 14.7. The number of hydrogen-bond acceptors (Lipinski definition) is 3. The van der Waals surface area contributed by atoms with Crippen LogP contribution in [-0.4, -0.2) is 4.98 Å². The first-order valence-corrected chi connectivity index (χ1v) is 6.95. The standard InChI is InChI=1S/C18H15N3/c1-2-13-7-9-15(10-8-13)21-18-14(11-19)12-20-17-6-4-3-5-16(17)18/h3-10,12H,2H2,1H3,(H,20,21). The fourth-order valence-electron chi connectivity index (χ4n) is 2.33. The second kappa shape index (κ2) is 5.64. The molecule has 0 saturated carbocycles. The maximum Gasteiger partial charge on any atom is 0.103 e. The van der Waals surface area contributed by atoms with Crippen molar-refractivity contribution >= 4 is 22.3 Å². The van der Waals surface area contributed by atoms with Gasteiger partial charge in [-0.2, -0.15) is 5.26 Å². The largest absolute Gasteiger partial charge is 0.354 e. The molecule has 1 N–H and O–H groups in total. The monoisotopic (exact) mass is 273 g/mol. The van der Waals surface area contributed by atoms with Gasteiger partial charge in [0.2, 0.25) is 0 Å². The summed E-state index contributed by atoms with van der Waals surface area (Å²) in [4.78, 5) is 4.32. The number of nitrogens with zero attached hydrogens (tertiary/aromatic N) is 2. The van der Waals surface area contributed by atoms with Gasteiger partial charge >= 0.3 is 0 Å². The maximum atomic E-state index is 9.31. The molecule has 3 rings (SSSR count). The van der Waals surface area contributed by atoms with Gasteiger partial charge in [-0.1, -0.05) is 37.3 Å². The van der Waals surface area contributed by atoms with Crippen LogP contribution in [0.15, 0.2) is 54.7 Å². The Labute approximate surface area is 123 Å². The zero-order valence-corrected chi connectivity index (χ0v) is 11.8. The Bertz CT molecular complexity index is 814. The number of nitriles is 1. The molecule has 21 heavy (non-hydrogen) atoms. The zero-order valence-electron chi connectivity index (χ0n) is 11.8. The number of para-hydroxylation sites is 1. The Kier molecular flexibility index (Phi) is 3.53. The minimum atomic E-state index is 0.549. The molecular weight excluding hydrogens is 258 g/mol. The molecule has 0 radical (unpaired) electrons. The molecule has 1 heterocycles. The Hall–Kier alpha value is -2.86. The van der Waals surface area contributed by atoms with Crippen molar-refractivity contribution in [3.05, 3.63) is 65.9 Å². The van der Waals surface area contributed by atoms with Crippen molar-refractivity contribution in [1.82, 2.24) is 4.98 Å². The van der Waals surface area contributed by atoms with E-state index in [0.29, 0.717) is 5.56 Å². The molecule has 2 aromatic carbocycles. The van der Waals surface area contributed by atoms with Crippen LogP contribution in [0.3, 0.4) is 0 Å². The van der Waals surface area contributed by atoms with E-state index in [1.807, 2.05) is 36.4 Å². The number of aromatic nitrogens is 1. The second-order valence-corrected chi connectivity index (χ2v) is 4.85. The summed E-state index contributed by atoms with van der Waals surface area (Å²) in [5.41, 5.74) is 4.51. The van der Waals surface area contributed by atoms with E-state index in [0.717, 1.165) is 28.7 Å². The number of benzene rings is 2. The van der Waals surface area contributed by atoms with Crippen molar-refractivity contribution < 1.29 is 0 Å². The topological polar surface area (TPSA) is 48.7 Å². The predicted molar refractivity (Wildman–Crippen MR) is 85.6 cm³/mol. The minimum absolute atomic E-state index is 0.549. The van der Waals surface area contributed by atoms with Crippen LogP contribution in [0.4, 0.5) is 11.4 Å². The summed E-state index contributed by atoms with van der Waals surface area (Å²) in [6, 6.07) is 18.3. The van der Waals surface area contributed by atoms with Crippen LogP contribution in [0, 0.1) is 11.3 Å². The van der Waals surface area contributed by atoms with E-state index >= 15 is 0 Å². The van der Waals surface area contributed by atoms with Gasteiger partial charge in [-0.25, -0.2) is 0 Å². The molecule has 0 aliphatic rings. The van der Waals surface area contributed by atoms with Crippen LogP contribution < -0.4 is 5.32 Å². The fourth-order valence-corrected chi connectivity index (χ4v) is 2.33. The molecule has 0 unspecified atom stereocenters. The summed E-state index contributed by atoms with van der Waals surface area (Å²) in [6.45, 7) is 2.13. The maximum absolute atomic E-state index is 9.31. The van der Waals surface area contributed by atoms with Crippen molar-refractivity contribution in [2.45, 2.75) is 13.3 Å². The summed E-state index contributed by atoms with van der Waals surface area (Å²) < 4.78 is 0. The molecule has 0 aliphatic carbocycles. The van der Waals surface area contributed by atoms with E-state index < -0.39 is 0 Å². The first-order valence-electron chi connectivity index (χ1n) is 6.95. The van der Waals surface area contributed by atoms with Gasteiger partial charge in [0.05, 0.1) is 16.8 Å². The van der Waals surface area contributed by atoms with Gasteiger partial charge in [0, 0.05) is 17.3 Å². The predicted octanol–water partition coefficient (Wildman–Crippen LogP) is 4.41. The Morgan fingerprint density at radius 2 is 1.86 bits per heavy atom. The number of anilines is 2. The van der Waals surface area contributed by atoms with Gasteiger partial charge in [0.25, 0.3) is 0 Å². The fraction of sp³-hybridized carbons (Fsp3) is 0.111. The van der Waals surface area contributed by atoms with E-state index in [-0.39, 0.29) is 0 Å². The van der Waals surface area contributed by atoms with E-state index in [2.05, 4.69) is 35.4 Å². The summed E-state index contributed by atoms with van der Waals surface area (Å²) in [5.74, 6) is 0. The van der Waals surface area contributed by atoms with Crippen molar-refractivity contribution in [3.8, 4) is 6.07 Å². The van der Waals surface area contributed by atoms with Crippen LogP contribution >= 0.6 is 0 Å². The summed E-state index contributed by atoms with van der Waals surface area (Å²) in [5, 5.41) is 13.6. The number of aryl methyl sites for hydroxylation is 1. The highest BCUT2D eigenvalue weighted by atomic mass is 14.9. The summed E-state index contributed by atoms with van der Waals surface area (Å²) in [6.07, 6.45) is 2.63. The Morgan fingerprint density at radius 3 is 2.57 bits per heavy atom. The highest BCUT2D eigenvalue weighted by Gasteiger charge is 2.08. The van der Waals surface area contributed by atoms with Crippen LogP contribution in [0.2, 0.25) is 0 Å². The third-order valence-corrected chi connectivity index (χ3v) is 3.53. The smallest absolute Gasteiger partial charge is 0.103 e. The number of pyridine rings is 1. The molecule has 0 atom stereocenters. The van der Waals surface area contributed by atoms with Crippen molar-refractivity contribution in [1.29, 1.82) is 5.26 Å². The summed E-state index contributed by atoms with van der Waals surface area (Å²) in [7, 11) is 0.